The van der Waals surface area contributed by atoms with E-state index in [-0.39, 0.29) is 6.42 Å². The number of ether oxygens (including phenoxy) is 1. The second-order valence-electron chi connectivity index (χ2n) is 8.49. The maximum Gasteiger partial charge on any atom is 0.460 e. The van der Waals surface area contributed by atoms with Crippen LogP contribution in [0, 0.1) is 0 Å². The third-order valence-corrected chi connectivity index (χ3v) is 5.49. The van der Waals surface area contributed by atoms with Gasteiger partial charge in [0.2, 0.25) is 0 Å². The molecular formula is C20H25F17O. The smallest absolute Gasteiger partial charge is 0.381 e. The minimum atomic E-state index is -8.60. The van der Waals surface area contributed by atoms with Crippen molar-refractivity contribution in [2.75, 3.05) is 13.2 Å². The van der Waals surface area contributed by atoms with Crippen LogP contribution in [-0.4, -0.2) is 60.8 Å². The maximum atomic E-state index is 13.7. The molecule has 1 nitrogen and oxygen atoms in total. The van der Waals surface area contributed by atoms with Gasteiger partial charge in [-0.2, -0.15) is 74.6 Å². The predicted octanol–water partition coefficient (Wildman–Crippen LogP) is 9.54. The first kappa shape index (κ1) is 36.8. The van der Waals surface area contributed by atoms with E-state index < -0.39 is 67.3 Å². The summed E-state index contributed by atoms with van der Waals surface area (Å²) in [6.45, 7) is 0.0381. The van der Waals surface area contributed by atoms with Gasteiger partial charge in [-0.05, 0) is 6.42 Å². The highest BCUT2D eigenvalue weighted by Gasteiger charge is 2.95. The van der Waals surface area contributed by atoms with Gasteiger partial charge in [-0.1, -0.05) is 51.9 Å². The zero-order valence-corrected chi connectivity index (χ0v) is 19.6. The summed E-state index contributed by atoms with van der Waals surface area (Å²) >= 11 is 0. The molecule has 0 N–H and O–H groups in total. The van der Waals surface area contributed by atoms with Crippen LogP contribution in [0.25, 0.3) is 0 Å². The Morgan fingerprint density at radius 2 is 0.737 bits per heavy atom. The molecule has 0 radical (unpaired) electrons. The van der Waals surface area contributed by atoms with Gasteiger partial charge in [0.15, 0.2) is 0 Å². The highest BCUT2D eigenvalue weighted by molar-refractivity contribution is 5.15. The van der Waals surface area contributed by atoms with Gasteiger partial charge >= 0.3 is 47.6 Å². The quantitative estimate of drug-likeness (QED) is 0.112. The summed E-state index contributed by atoms with van der Waals surface area (Å²) in [5.74, 6) is -56.1. The van der Waals surface area contributed by atoms with Gasteiger partial charge in [-0.3, -0.25) is 0 Å². The summed E-state index contributed by atoms with van der Waals surface area (Å²) in [5, 5.41) is 0. The van der Waals surface area contributed by atoms with E-state index in [2.05, 4.69) is 4.74 Å². The molecule has 0 aromatic carbocycles. The molecule has 38 heavy (non-hydrogen) atoms. The van der Waals surface area contributed by atoms with Crippen LogP contribution < -0.4 is 0 Å². The van der Waals surface area contributed by atoms with Gasteiger partial charge in [-0.15, -0.1) is 0 Å². The van der Waals surface area contributed by atoms with Crippen molar-refractivity contribution in [3.63, 3.8) is 0 Å². The Bertz CT molecular complexity index is 715. The van der Waals surface area contributed by atoms with Gasteiger partial charge < -0.3 is 4.74 Å². The van der Waals surface area contributed by atoms with E-state index in [4.69, 9.17) is 0 Å². The number of hydrogen-bond donors (Lipinski definition) is 0. The lowest BCUT2D eigenvalue weighted by Gasteiger charge is -2.42. The van der Waals surface area contributed by atoms with Gasteiger partial charge in [0.1, 0.15) is 0 Å². The first-order chi connectivity index (χ1) is 16.8. The second kappa shape index (κ2) is 12.5. The molecule has 0 aliphatic heterocycles. The molecule has 0 aliphatic carbocycles. The van der Waals surface area contributed by atoms with Crippen molar-refractivity contribution in [2.45, 2.75) is 112 Å². The zero-order chi connectivity index (χ0) is 30.5. The molecule has 0 heterocycles. The third-order valence-electron chi connectivity index (χ3n) is 5.49. The van der Waals surface area contributed by atoms with E-state index in [1.54, 1.807) is 0 Å². The van der Waals surface area contributed by atoms with E-state index in [0.29, 0.717) is 12.8 Å². The lowest BCUT2D eigenvalue weighted by molar-refractivity contribution is -0.462. The summed E-state index contributed by atoms with van der Waals surface area (Å²) in [6.07, 6.45) is -4.36. The zero-order valence-electron chi connectivity index (χ0n) is 19.6. The topological polar surface area (TPSA) is 9.23 Å². The highest BCUT2D eigenvalue weighted by Crippen LogP contribution is 2.64. The maximum absolute atomic E-state index is 13.7. The monoisotopic (exact) mass is 604 g/mol. The fourth-order valence-corrected chi connectivity index (χ4v) is 2.99. The van der Waals surface area contributed by atoms with E-state index in [0.717, 1.165) is 32.1 Å². The average Bonchev–Trinajstić information content (AvgIpc) is 2.75. The molecule has 0 fully saturated rings. The molecule has 0 aromatic heterocycles. The van der Waals surface area contributed by atoms with Crippen molar-refractivity contribution in [2.24, 2.45) is 0 Å². The van der Waals surface area contributed by atoms with Crippen molar-refractivity contribution in [3.8, 4) is 0 Å². The van der Waals surface area contributed by atoms with Crippen molar-refractivity contribution >= 4 is 0 Å². The molecule has 0 aliphatic rings. The Kier molecular flexibility index (Phi) is 12.1. The largest absolute Gasteiger partial charge is 0.460 e. The van der Waals surface area contributed by atoms with Crippen molar-refractivity contribution in [3.05, 3.63) is 0 Å². The highest BCUT2D eigenvalue weighted by atomic mass is 19.4. The summed E-state index contributed by atoms with van der Waals surface area (Å²) in [5.41, 5.74) is 0. The van der Waals surface area contributed by atoms with Crippen LogP contribution in [0.15, 0.2) is 0 Å². The van der Waals surface area contributed by atoms with E-state index in [1.165, 1.54) is 0 Å². The van der Waals surface area contributed by atoms with Crippen LogP contribution in [0.3, 0.4) is 0 Å². The molecule has 0 rings (SSSR count). The predicted molar refractivity (Wildman–Crippen MR) is 98.7 cm³/mol. The molecule has 0 saturated heterocycles. The first-order valence-corrected chi connectivity index (χ1v) is 11.1. The second-order valence-corrected chi connectivity index (χ2v) is 8.49. The van der Waals surface area contributed by atoms with Crippen LogP contribution in [0.1, 0.15) is 64.7 Å². The summed E-state index contributed by atoms with van der Waals surface area (Å²) in [4.78, 5) is 0. The molecule has 0 saturated carbocycles. The fraction of sp³-hybridized carbons (Fsp3) is 1.00. The molecule has 0 atom stereocenters. The van der Waals surface area contributed by atoms with Gasteiger partial charge in [0.25, 0.3) is 0 Å². The summed E-state index contributed by atoms with van der Waals surface area (Å²) in [7, 11) is 0. The average molecular weight is 604 g/mol. The van der Waals surface area contributed by atoms with Crippen LogP contribution in [0.2, 0.25) is 0 Å². The molecule has 0 aromatic rings. The number of rotatable bonds is 18. The van der Waals surface area contributed by atoms with Gasteiger partial charge in [0, 0.05) is 13.0 Å². The Labute approximate surface area is 206 Å². The minimum absolute atomic E-state index is 0.165. The number of unbranched alkanes of at least 4 members (excludes halogenated alkanes) is 7. The van der Waals surface area contributed by atoms with Crippen LogP contribution >= 0.6 is 0 Å². The standard InChI is InChI=1S/C20H25F17O/c1-2-3-4-5-6-7-8-9-11-38-12-10-13(21,22)14(23,24)15(25,26)16(27,28)17(29,30)18(31,32)19(33,34)20(35,36)37/h2-12H2,1H3. The van der Waals surface area contributed by atoms with Crippen LogP contribution in [0.5, 0.6) is 0 Å². The molecular weight excluding hydrogens is 579 g/mol. The number of hydrogen-bond acceptors (Lipinski definition) is 1. The van der Waals surface area contributed by atoms with Crippen LogP contribution in [-0.2, 0) is 4.74 Å². The SMILES string of the molecule is CCCCCCCCCCOCCC(F)(F)C(F)(F)C(F)(F)C(F)(F)C(F)(F)C(F)(F)C(F)(F)C(F)(F)F. The Balaban J connectivity index is 5.46. The van der Waals surface area contributed by atoms with Crippen molar-refractivity contribution in [1.29, 1.82) is 0 Å². The minimum Gasteiger partial charge on any atom is -0.381 e. The Morgan fingerprint density at radius 1 is 0.395 bits per heavy atom. The summed E-state index contributed by atoms with van der Waals surface area (Å²) < 4.78 is 228. The molecule has 0 amide bonds. The van der Waals surface area contributed by atoms with Crippen molar-refractivity contribution < 1.29 is 79.4 Å². The first-order valence-electron chi connectivity index (χ1n) is 11.1. The normalized spacial score (nSPS) is 15.3. The molecule has 0 bridgehead atoms. The Morgan fingerprint density at radius 3 is 1.13 bits per heavy atom. The summed E-state index contributed by atoms with van der Waals surface area (Å²) in [6, 6.07) is 0. The van der Waals surface area contributed by atoms with E-state index in [1.807, 2.05) is 6.92 Å². The Hall–Kier alpha value is -1.23. The number of halogens is 17. The van der Waals surface area contributed by atoms with Crippen molar-refractivity contribution in [1.82, 2.24) is 0 Å². The molecule has 230 valence electrons. The van der Waals surface area contributed by atoms with Crippen LogP contribution in [0.4, 0.5) is 74.6 Å². The lowest BCUT2D eigenvalue weighted by atomic mass is 9.88. The van der Waals surface area contributed by atoms with Gasteiger partial charge in [0.05, 0.1) is 6.61 Å². The third kappa shape index (κ3) is 6.91. The van der Waals surface area contributed by atoms with E-state index in [9.17, 15) is 74.6 Å². The fourth-order valence-electron chi connectivity index (χ4n) is 2.99. The van der Waals surface area contributed by atoms with E-state index >= 15 is 0 Å². The lowest BCUT2D eigenvalue weighted by Crippen LogP contribution is -2.74. The number of alkyl halides is 17. The molecule has 18 heteroatoms. The molecule has 0 spiro atoms. The molecule has 0 unspecified atom stereocenters. The van der Waals surface area contributed by atoms with Gasteiger partial charge in [-0.25, -0.2) is 0 Å².